The Bertz CT molecular complexity index is 807. The van der Waals surface area contributed by atoms with Crippen molar-refractivity contribution in [3.8, 4) is 11.5 Å². The summed E-state index contributed by atoms with van der Waals surface area (Å²) in [6, 6.07) is 12.1. The van der Waals surface area contributed by atoms with Crippen molar-refractivity contribution in [3.05, 3.63) is 53.6 Å². The number of para-hydroxylation sites is 1. The first-order valence-electron chi connectivity index (χ1n) is 7.86. The number of carbonyl (C=O) groups excluding carboxylic acids is 2. The molecule has 3 rings (SSSR count). The van der Waals surface area contributed by atoms with E-state index in [1.54, 1.807) is 24.3 Å². The van der Waals surface area contributed by atoms with Gasteiger partial charge in [-0.05, 0) is 36.8 Å². The standard InChI is InChI=1S/C18H19N3O4/c1-11(12-6-7-15-16(8-12)25-10-24-15)21-17(22)9-20-14-5-3-2-4-13(14)18(19)23/h2-8,11,20H,9-10H2,1H3,(H2,19,23)(H,21,22)/t11-/m0/s1. The minimum absolute atomic E-state index is 0.0270. The number of carbonyl (C=O) groups is 2. The van der Waals surface area contributed by atoms with Crippen LogP contribution in [0.2, 0.25) is 0 Å². The van der Waals surface area contributed by atoms with Crippen LogP contribution in [0.1, 0.15) is 28.9 Å². The van der Waals surface area contributed by atoms with Gasteiger partial charge in [-0.2, -0.15) is 0 Å². The molecule has 1 atom stereocenters. The Morgan fingerprint density at radius 2 is 1.92 bits per heavy atom. The Kier molecular flexibility index (Phi) is 4.74. The first-order chi connectivity index (χ1) is 12.0. The lowest BCUT2D eigenvalue weighted by Gasteiger charge is -2.16. The van der Waals surface area contributed by atoms with E-state index in [2.05, 4.69) is 10.6 Å². The largest absolute Gasteiger partial charge is 0.454 e. The SMILES string of the molecule is C[C@H](NC(=O)CNc1ccccc1C(N)=O)c1ccc2c(c1)OCO2. The van der Waals surface area contributed by atoms with Gasteiger partial charge >= 0.3 is 0 Å². The number of rotatable bonds is 6. The number of primary amides is 1. The summed E-state index contributed by atoms with van der Waals surface area (Å²) in [6.07, 6.45) is 0. The van der Waals surface area contributed by atoms with E-state index in [1.165, 1.54) is 0 Å². The summed E-state index contributed by atoms with van der Waals surface area (Å²) in [5, 5.41) is 5.83. The fourth-order valence-electron chi connectivity index (χ4n) is 2.59. The van der Waals surface area contributed by atoms with Crippen molar-refractivity contribution in [1.29, 1.82) is 0 Å². The van der Waals surface area contributed by atoms with Crippen LogP contribution in [-0.4, -0.2) is 25.2 Å². The maximum atomic E-state index is 12.2. The predicted octanol–water partition coefficient (Wildman–Crippen LogP) is 1.80. The van der Waals surface area contributed by atoms with E-state index in [0.717, 1.165) is 5.56 Å². The highest BCUT2D eigenvalue weighted by molar-refractivity contribution is 5.99. The second-order valence-electron chi connectivity index (χ2n) is 5.67. The molecule has 0 saturated heterocycles. The molecule has 2 aromatic carbocycles. The number of fused-ring (bicyclic) bond motifs is 1. The number of hydrogen-bond acceptors (Lipinski definition) is 5. The van der Waals surface area contributed by atoms with Gasteiger partial charge in [0.05, 0.1) is 18.2 Å². The van der Waals surface area contributed by atoms with Gasteiger partial charge in [-0.1, -0.05) is 18.2 Å². The maximum Gasteiger partial charge on any atom is 0.250 e. The van der Waals surface area contributed by atoms with Crippen LogP contribution < -0.4 is 25.8 Å². The minimum Gasteiger partial charge on any atom is -0.454 e. The van der Waals surface area contributed by atoms with Gasteiger partial charge in [0, 0.05) is 5.69 Å². The molecule has 0 unspecified atom stereocenters. The third-order valence-corrected chi connectivity index (χ3v) is 3.91. The average molecular weight is 341 g/mol. The molecule has 1 aliphatic heterocycles. The molecule has 2 amide bonds. The highest BCUT2D eigenvalue weighted by Gasteiger charge is 2.17. The summed E-state index contributed by atoms with van der Waals surface area (Å²) in [5.41, 5.74) is 7.11. The summed E-state index contributed by atoms with van der Waals surface area (Å²) in [7, 11) is 0. The van der Waals surface area contributed by atoms with Gasteiger partial charge in [-0.25, -0.2) is 0 Å². The summed E-state index contributed by atoms with van der Waals surface area (Å²) < 4.78 is 10.6. The molecule has 0 aromatic heterocycles. The van der Waals surface area contributed by atoms with Crippen molar-refractivity contribution in [2.75, 3.05) is 18.7 Å². The Morgan fingerprint density at radius 1 is 1.16 bits per heavy atom. The van der Waals surface area contributed by atoms with Crippen LogP contribution >= 0.6 is 0 Å². The fraction of sp³-hybridized carbons (Fsp3) is 0.222. The molecule has 0 radical (unpaired) electrons. The smallest absolute Gasteiger partial charge is 0.250 e. The number of hydrogen-bond donors (Lipinski definition) is 3. The quantitative estimate of drug-likeness (QED) is 0.743. The van der Waals surface area contributed by atoms with Gasteiger partial charge in [0.25, 0.3) is 5.91 Å². The number of anilines is 1. The predicted molar refractivity (Wildman–Crippen MR) is 92.6 cm³/mol. The fourth-order valence-corrected chi connectivity index (χ4v) is 2.59. The lowest BCUT2D eigenvalue weighted by Crippen LogP contribution is -2.32. The molecule has 0 fully saturated rings. The highest BCUT2D eigenvalue weighted by Crippen LogP contribution is 2.34. The lowest BCUT2D eigenvalue weighted by atomic mass is 10.1. The number of ether oxygens (including phenoxy) is 2. The first kappa shape index (κ1) is 16.6. The van der Waals surface area contributed by atoms with Crippen molar-refractivity contribution in [2.24, 2.45) is 5.73 Å². The molecule has 1 aliphatic rings. The van der Waals surface area contributed by atoms with Crippen molar-refractivity contribution in [2.45, 2.75) is 13.0 Å². The Balaban J connectivity index is 1.58. The monoisotopic (exact) mass is 341 g/mol. The van der Waals surface area contributed by atoms with Gasteiger partial charge in [0.15, 0.2) is 11.5 Å². The molecule has 130 valence electrons. The van der Waals surface area contributed by atoms with Crippen molar-refractivity contribution in [1.82, 2.24) is 5.32 Å². The van der Waals surface area contributed by atoms with E-state index in [9.17, 15) is 9.59 Å². The number of nitrogens with two attached hydrogens (primary N) is 1. The van der Waals surface area contributed by atoms with E-state index in [-0.39, 0.29) is 25.3 Å². The zero-order chi connectivity index (χ0) is 17.8. The zero-order valence-electron chi connectivity index (χ0n) is 13.7. The number of amides is 2. The van der Waals surface area contributed by atoms with Crippen LogP contribution in [0.5, 0.6) is 11.5 Å². The molecule has 7 nitrogen and oxygen atoms in total. The van der Waals surface area contributed by atoms with Gasteiger partial charge in [-0.15, -0.1) is 0 Å². The number of benzene rings is 2. The molecule has 0 aliphatic carbocycles. The lowest BCUT2D eigenvalue weighted by molar-refractivity contribution is -0.120. The molecule has 0 bridgehead atoms. The highest BCUT2D eigenvalue weighted by atomic mass is 16.7. The van der Waals surface area contributed by atoms with Gasteiger partial charge in [0.1, 0.15) is 0 Å². The van der Waals surface area contributed by atoms with E-state index in [0.29, 0.717) is 22.7 Å². The van der Waals surface area contributed by atoms with E-state index in [4.69, 9.17) is 15.2 Å². The molecular weight excluding hydrogens is 322 g/mol. The Morgan fingerprint density at radius 3 is 2.72 bits per heavy atom. The summed E-state index contributed by atoms with van der Waals surface area (Å²) >= 11 is 0. The van der Waals surface area contributed by atoms with Gasteiger partial charge in [0.2, 0.25) is 12.7 Å². The van der Waals surface area contributed by atoms with Crippen LogP contribution in [0.3, 0.4) is 0 Å². The van der Waals surface area contributed by atoms with Crippen molar-refractivity contribution >= 4 is 17.5 Å². The zero-order valence-corrected chi connectivity index (χ0v) is 13.7. The first-order valence-corrected chi connectivity index (χ1v) is 7.86. The topological polar surface area (TPSA) is 103 Å². The molecule has 0 saturated carbocycles. The Hall–Kier alpha value is -3.22. The van der Waals surface area contributed by atoms with Crippen LogP contribution in [-0.2, 0) is 4.79 Å². The van der Waals surface area contributed by atoms with E-state index in [1.807, 2.05) is 25.1 Å². The normalized spacial score (nSPS) is 13.2. The van der Waals surface area contributed by atoms with Crippen LogP contribution in [0, 0.1) is 0 Å². The molecule has 0 spiro atoms. The molecule has 2 aromatic rings. The van der Waals surface area contributed by atoms with E-state index < -0.39 is 5.91 Å². The molecule has 4 N–H and O–H groups in total. The van der Waals surface area contributed by atoms with Crippen molar-refractivity contribution < 1.29 is 19.1 Å². The van der Waals surface area contributed by atoms with Crippen LogP contribution in [0.15, 0.2) is 42.5 Å². The molecule has 1 heterocycles. The second-order valence-corrected chi connectivity index (χ2v) is 5.67. The number of nitrogens with one attached hydrogen (secondary N) is 2. The average Bonchev–Trinajstić information content (AvgIpc) is 3.07. The molecule has 25 heavy (non-hydrogen) atoms. The van der Waals surface area contributed by atoms with Crippen LogP contribution in [0.25, 0.3) is 0 Å². The minimum atomic E-state index is -0.544. The summed E-state index contributed by atoms with van der Waals surface area (Å²) in [6.45, 7) is 2.12. The van der Waals surface area contributed by atoms with Crippen LogP contribution in [0.4, 0.5) is 5.69 Å². The Labute approximate surface area is 145 Å². The molecular formula is C18H19N3O4. The third-order valence-electron chi connectivity index (χ3n) is 3.91. The summed E-state index contributed by atoms with van der Waals surface area (Å²) in [5.74, 6) is 0.626. The molecule has 7 heteroatoms. The third kappa shape index (κ3) is 3.82. The van der Waals surface area contributed by atoms with Gasteiger partial charge in [-0.3, -0.25) is 9.59 Å². The van der Waals surface area contributed by atoms with Gasteiger partial charge < -0.3 is 25.8 Å². The maximum absolute atomic E-state index is 12.2. The van der Waals surface area contributed by atoms with Crippen molar-refractivity contribution in [3.63, 3.8) is 0 Å². The second kappa shape index (κ2) is 7.12. The van der Waals surface area contributed by atoms with E-state index >= 15 is 0 Å². The summed E-state index contributed by atoms with van der Waals surface area (Å²) in [4.78, 5) is 23.6.